The average molecular weight is 271 g/mol. The van der Waals surface area contributed by atoms with Crippen molar-refractivity contribution in [1.82, 2.24) is 9.97 Å². The Morgan fingerprint density at radius 1 is 1.50 bits per heavy atom. The number of H-pyrrole nitrogens is 1. The molecule has 0 unspecified atom stereocenters. The van der Waals surface area contributed by atoms with Gasteiger partial charge in [-0.25, -0.2) is 4.79 Å². The summed E-state index contributed by atoms with van der Waals surface area (Å²) in [5.74, 6) is -0.540. The molecule has 0 amide bonds. The Hall–Kier alpha value is -2.65. The molecule has 6 heteroatoms. The summed E-state index contributed by atoms with van der Waals surface area (Å²) in [4.78, 5) is 18.5. The van der Waals surface area contributed by atoms with Gasteiger partial charge in [-0.05, 0) is 25.5 Å². The highest BCUT2D eigenvalue weighted by Crippen LogP contribution is 2.18. The number of aliphatic hydroxyl groups is 1. The number of carbonyl (C=O) groups excluding carboxylic acids is 1. The normalized spacial score (nSPS) is 10.1. The molecule has 0 bridgehead atoms. The standard InChI is InChI=1S/C14H13N3O3/c1-8-3-4-10(9(2)5-8)14(19)20-13-11(6-15)16-12(7-18)17-13/h3-5,18H,7H2,1-2H3,(H,16,17). The summed E-state index contributed by atoms with van der Waals surface area (Å²) >= 11 is 0. The summed E-state index contributed by atoms with van der Waals surface area (Å²) in [6.07, 6.45) is 0. The predicted molar refractivity (Wildman–Crippen MR) is 70.1 cm³/mol. The van der Waals surface area contributed by atoms with Crippen molar-refractivity contribution in [2.24, 2.45) is 0 Å². The van der Waals surface area contributed by atoms with Gasteiger partial charge < -0.3 is 14.8 Å². The lowest BCUT2D eigenvalue weighted by atomic mass is 10.1. The van der Waals surface area contributed by atoms with Gasteiger partial charge in [0.2, 0.25) is 0 Å². The Kier molecular flexibility index (Phi) is 3.82. The van der Waals surface area contributed by atoms with Crippen molar-refractivity contribution < 1.29 is 14.6 Å². The summed E-state index contributed by atoms with van der Waals surface area (Å²) in [6.45, 7) is 3.37. The maximum atomic E-state index is 12.1. The number of carbonyl (C=O) groups is 1. The zero-order valence-electron chi connectivity index (χ0n) is 11.1. The molecule has 0 saturated heterocycles. The minimum absolute atomic E-state index is 0.00663. The molecule has 0 saturated carbocycles. The molecule has 0 spiro atoms. The van der Waals surface area contributed by atoms with E-state index in [4.69, 9.17) is 15.1 Å². The number of benzene rings is 1. The average Bonchev–Trinajstić information content (AvgIpc) is 2.80. The SMILES string of the molecule is Cc1ccc(C(=O)Oc2nc(CO)[nH]c2C#N)c(C)c1. The quantitative estimate of drug-likeness (QED) is 0.826. The summed E-state index contributed by atoms with van der Waals surface area (Å²) in [5.41, 5.74) is 2.24. The maximum absolute atomic E-state index is 12.1. The van der Waals surface area contributed by atoms with Gasteiger partial charge in [0, 0.05) is 0 Å². The number of esters is 1. The van der Waals surface area contributed by atoms with Crippen LogP contribution in [0.4, 0.5) is 0 Å². The number of aliphatic hydroxyl groups excluding tert-OH is 1. The molecule has 102 valence electrons. The summed E-state index contributed by atoms with van der Waals surface area (Å²) in [5, 5.41) is 17.9. The molecule has 2 rings (SSSR count). The van der Waals surface area contributed by atoms with Crippen molar-refractivity contribution in [2.45, 2.75) is 20.5 Å². The first kappa shape index (κ1) is 13.8. The van der Waals surface area contributed by atoms with Crippen LogP contribution in [0.1, 0.15) is 33.0 Å². The monoisotopic (exact) mass is 271 g/mol. The number of hydrogen-bond acceptors (Lipinski definition) is 5. The smallest absolute Gasteiger partial charge is 0.345 e. The van der Waals surface area contributed by atoms with Crippen LogP contribution in [0.3, 0.4) is 0 Å². The molecule has 0 aliphatic rings. The van der Waals surface area contributed by atoms with E-state index < -0.39 is 5.97 Å². The van der Waals surface area contributed by atoms with Gasteiger partial charge in [0.05, 0.1) is 5.56 Å². The third kappa shape index (κ3) is 2.68. The lowest BCUT2D eigenvalue weighted by Crippen LogP contribution is -2.11. The Bertz CT molecular complexity index is 698. The molecule has 0 radical (unpaired) electrons. The van der Waals surface area contributed by atoms with Crippen LogP contribution in [0.25, 0.3) is 0 Å². The first-order valence-corrected chi connectivity index (χ1v) is 5.94. The lowest BCUT2D eigenvalue weighted by molar-refractivity contribution is 0.0726. The van der Waals surface area contributed by atoms with E-state index >= 15 is 0 Å². The number of aryl methyl sites for hydroxylation is 2. The molecule has 2 N–H and O–H groups in total. The minimum Gasteiger partial charge on any atom is -0.401 e. The predicted octanol–water partition coefficient (Wildman–Crippen LogP) is 1.61. The number of hydrogen-bond donors (Lipinski definition) is 2. The molecule has 20 heavy (non-hydrogen) atoms. The fourth-order valence-electron chi connectivity index (χ4n) is 1.81. The van der Waals surface area contributed by atoms with Gasteiger partial charge in [0.1, 0.15) is 18.5 Å². The first-order valence-electron chi connectivity index (χ1n) is 5.94. The van der Waals surface area contributed by atoms with Gasteiger partial charge in [-0.15, -0.1) is 0 Å². The maximum Gasteiger partial charge on any atom is 0.345 e. The number of rotatable bonds is 3. The van der Waals surface area contributed by atoms with Crippen LogP contribution < -0.4 is 4.74 Å². The largest absolute Gasteiger partial charge is 0.401 e. The number of imidazole rings is 1. The molecular weight excluding hydrogens is 258 g/mol. The highest BCUT2D eigenvalue weighted by molar-refractivity contribution is 5.92. The first-order chi connectivity index (χ1) is 9.55. The Balaban J connectivity index is 2.28. The van der Waals surface area contributed by atoms with Gasteiger partial charge >= 0.3 is 5.97 Å². The minimum atomic E-state index is -0.588. The van der Waals surface area contributed by atoms with Crippen LogP contribution in [-0.2, 0) is 6.61 Å². The Morgan fingerprint density at radius 2 is 2.25 bits per heavy atom. The molecule has 1 aromatic heterocycles. The molecule has 1 aromatic carbocycles. The second kappa shape index (κ2) is 5.55. The van der Waals surface area contributed by atoms with Gasteiger partial charge in [-0.3, -0.25) is 0 Å². The summed E-state index contributed by atoms with van der Waals surface area (Å²) in [6, 6.07) is 7.16. The van der Waals surface area contributed by atoms with E-state index in [1.165, 1.54) is 0 Å². The highest BCUT2D eigenvalue weighted by atomic mass is 16.5. The fraction of sp³-hybridized carbons (Fsp3) is 0.214. The van der Waals surface area contributed by atoms with E-state index in [1.807, 2.05) is 19.1 Å². The van der Waals surface area contributed by atoms with Crippen LogP contribution in [0.5, 0.6) is 5.88 Å². The van der Waals surface area contributed by atoms with E-state index in [0.29, 0.717) is 5.56 Å². The fourth-order valence-corrected chi connectivity index (χ4v) is 1.81. The zero-order chi connectivity index (χ0) is 14.7. The van der Waals surface area contributed by atoms with Crippen LogP contribution >= 0.6 is 0 Å². The van der Waals surface area contributed by atoms with Gasteiger partial charge in [0.15, 0.2) is 5.69 Å². The molecule has 6 nitrogen and oxygen atoms in total. The molecule has 1 heterocycles. The summed E-state index contributed by atoms with van der Waals surface area (Å²) in [7, 11) is 0. The topological polar surface area (TPSA) is 99.0 Å². The second-order valence-corrected chi connectivity index (χ2v) is 4.34. The lowest BCUT2D eigenvalue weighted by Gasteiger charge is -2.05. The van der Waals surface area contributed by atoms with E-state index in [0.717, 1.165) is 11.1 Å². The molecule has 0 atom stereocenters. The number of nitrogens with zero attached hydrogens (tertiary/aromatic N) is 2. The Labute approximate surface area is 115 Å². The molecular formula is C14H13N3O3. The third-order valence-corrected chi connectivity index (χ3v) is 2.77. The van der Waals surface area contributed by atoms with Gasteiger partial charge in [-0.2, -0.15) is 10.2 Å². The highest BCUT2D eigenvalue weighted by Gasteiger charge is 2.17. The molecule has 0 aliphatic carbocycles. The van der Waals surface area contributed by atoms with Crippen molar-refractivity contribution in [2.75, 3.05) is 0 Å². The van der Waals surface area contributed by atoms with Crippen LogP contribution in [0.15, 0.2) is 18.2 Å². The third-order valence-electron chi connectivity index (χ3n) is 2.77. The van der Waals surface area contributed by atoms with E-state index in [1.54, 1.807) is 19.1 Å². The van der Waals surface area contributed by atoms with Crippen molar-refractivity contribution in [3.63, 3.8) is 0 Å². The number of aromatic amines is 1. The number of aromatic nitrogens is 2. The van der Waals surface area contributed by atoms with Crippen LogP contribution in [0.2, 0.25) is 0 Å². The van der Waals surface area contributed by atoms with Crippen molar-refractivity contribution in [3.8, 4) is 11.9 Å². The zero-order valence-corrected chi connectivity index (χ0v) is 11.1. The van der Waals surface area contributed by atoms with E-state index in [2.05, 4.69) is 9.97 Å². The van der Waals surface area contributed by atoms with Gasteiger partial charge in [0.25, 0.3) is 5.88 Å². The number of nitriles is 1. The molecule has 2 aromatic rings. The number of nitrogens with one attached hydrogen (secondary N) is 1. The van der Waals surface area contributed by atoms with Crippen molar-refractivity contribution in [3.05, 3.63) is 46.4 Å². The van der Waals surface area contributed by atoms with Crippen molar-refractivity contribution in [1.29, 1.82) is 5.26 Å². The van der Waals surface area contributed by atoms with E-state index in [-0.39, 0.29) is 24.0 Å². The second-order valence-electron chi connectivity index (χ2n) is 4.34. The van der Waals surface area contributed by atoms with E-state index in [9.17, 15) is 4.79 Å². The molecule has 0 aliphatic heterocycles. The van der Waals surface area contributed by atoms with Crippen LogP contribution in [0, 0.1) is 25.2 Å². The number of ether oxygens (including phenoxy) is 1. The van der Waals surface area contributed by atoms with Crippen LogP contribution in [-0.4, -0.2) is 21.0 Å². The summed E-state index contributed by atoms with van der Waals surface area (Å²) < 4.78 is 5.11. The van der Waals surface area contributed by atoms with Gasteiger partial charge in [-0.1, -0.05) is 17.7 Å². The Morgan fingerprint density at radius 3 is 2.85 bits per heavy atom. The molecule has 0 fully saturated rings. The van der Waals surface area contributed by atoms with Crippen molar-refractivity contribution >= 4 is 5.97 Å².